The van der Waals surface area contributed by atoms with Crippen molar-refractivity contribution in [3.63, 3.8) is 0 Å². The van der Waals surface area contributed by atoms with Gasteiger partial charge in [0.2, 0.25) is 5.91 Å². The van der Waals surface area contributed by atoms with Gasteiger partial charge in [-0.15, -0.1) is 0 Å². The quantitative estimate of drug-likeness (QED) is 0.798. The van der Waals surface area contributed by atoms with Gasteiger partial charge in [0.1, 0.15) is 0 Å². The fourth-order valence-corrected chi connectivity index (χ4v) is 3.11. The third-order valence-corrected chi connectivity index (χ3v) is 4.09. The SMILES string of the molecule is Cc1c(N2CCCC2)cccc1N1CCCC1=O. The van der Waals surface area contributed by atoms with E-state index >= 15 is 0 Å². The molecule has 2 aliphatic rings. The van der Waals surface area contributed by atoms with E-state index in [1.165, 1.54) is 24.1 Å². The number of hydrogen-bond donors (Lipinski definition) is 0. The molecule has 0 radical (unpaired) electrons. The molecule has 0 aromatic heterocycles. The van der Waals surface area contributed by atoms with Crippen molar-refractivity contribution in [1.82, 2.24) is 0 Å². The van der Waals surface area contributed by atoms with Gasteiger partial charge in [0.25, 0.3) is 0 Å². The van der Waals surface area contributed by atoms with Crippen LogP contribution in [-0.2, 0) is 4.79 Å². The third-order valence-electron chi connectivity index (χ3n) is 4.09. The zero-order chi connectivity index (χ0) is 12.5. The molecule has 3 nitrogen and oxygen atoms in total. The Morgan fingerprint density at radius 1 is 1.00 bits per heavy atom. The number of benzene rings is 1. The molecule has 2 heterocycles. The van der Waals surface area contributed by atoms with Crippen LogP contribution in [0.3, 0.4) is 0 Å². The summed E-state index contributed by atoms with van der Waals surface area (Å²) in [5.74, 6) is 0.275. The summed E-state index contributed by atoms with van der Waals surface area (Å²) in [7, 11) is 0. The number of amides is 1. The average Bonchev–Trinajstić information content (AvgIpc) is 3.01. The summed E-state index contributed by atoms with van der Waals surface area (Å²) in [4.78, 5) is 16.3. The van der Waals surface area contributed by atoms with Gasteiger partial charge in [-0.25, -0.2) is 0 Å². The maximum absolute atomic E-state index is 11.9. The summed E-state index contributed by atoms with van der Waals surface area (Å²) < 4.78 is 0. The normalized spacial score (nSPS) is 19.9. The van der Waals surface area contributed by atoms with E-state index in [0.29, 0.717) is 6.42 Å². The number of rotatable bonds is 2. The largest absolute Gasteiger partial charge is 0.371 e. The van der Waals surface area contributed by atoms with Crippen LogP contribution >= 0.6 is 0 Å². The highest BCUT2D eigenvalue weighted by Crippen LogP contribution is 2.33. The van der Waals surface area contributed by atoms with Crippen molar-refractivity contribution >= 4 is 17.3 Å². The number of carbonyl (C=O) groups is 1. The maximum Gasteiger partial charge on any atom is 0.227 e. The molecule has 2 aliphatic heterocycles. The van der Waals surface area contributed by atoms with Gasteiger partial charge < -0.3 is 9.80 Å². The van der Waals surface area contributed by atoms with Crippen LogP contribution in [0.5, 0.6) is 0 Å². The van der Waals surface area contributed by atoms with E-state index in [4.69, 9.17) is 0 Å². The Hall–Kier alpha value is -1.51. The van der Waals surface area contributed by atoms with E-state index in [1.54, 1.807) is 0 Å². The minimum Gasteiger partial charge on any atom is -0.371 e. The summed E-state index contributed by atoms with van der Waals surface area (Å²) in [6, 6.07) is 6.35. The van der Waals surface area contributed by atoms with Gasteiger partial charge in [-0.1, -0.05) is 6.07 Å². The van der Waals surface area contributed by atoms with Crippen molar-refractivity contribution in [2.45, 2.75) is 32.6 Å². The second-order valence-corrected chi connectivity index (χ2v) is 5.26. The molecule has 3 rings (SSSR count). The minimum absolute atomic E-state index is 0.275. The van der Waals surface area contributed by atoms with Crippen molar-refractivity contribution in [2.75, 3.05) is 29.4 Å². The highest BCUT2D eigenvalue weighted by atomic mass is 16.2. The lowest BCUT2D eigenvalue weighted by molar-refractivity contribution is -0.117. The first-order valence-corrected chi connectivity index (χ1v) is 6.92. The Balaban J connectivity index is 1.95. The predicted octanol–water partition coefficient (Wildman–Crippen LogP) is 2.72. The minimum atomic E-state index is 0.275. The van der Waals surface area contributed by atoms with Gasteiger partial charge in [-0.3, -0.25) is 4.79 Å². The maximum atomic E-state index is 11.9. The molecule has 3 heteroatoms. The van der Waals surface area contributed by atoms with Gasteiger partial charge in [-0.05, 0) is 43.9 Å². The smallest absolute Gasteiger partial charge is 0.227 e. The lowest BCUT2D eigenvalue weighted by Crippen LogP contribution is -2.26. The third kappa shape index (κ3) is 1.88. The highest BCUT2D eigenvalue weighted by molar-refractivity contribution is 5.96. The Labute approximate surface area is 108 Å². The molecule has 0 bridgehead atoms. The van der Waals surface area contributed by atoms with Crippen LogP contribution < -0.4 is 9.80 Å². The summed E-state index contributed by atoms with van der Waals surface area (Å²) in [6.45, 7) is 5.33. The topological polar surface area (TPSA) is 23.6 Å². The Kier molecular flexibility index (Phi) is 2.98. The molecule has 2 fully saturated rings. The van der Waals surface area contributed by atoms with E-state index < -0.39 is 0 Å². The molecule has 0 aliphatic carbocycles. The molecule has 2 saturated heterocycles. The van der Waals surface area contributed by atoms with Crippen LogP contribution in [-0.4, -0.2) is 25.5 Å². The lowest BCUT2D eigenvalue weighted by Gasteiger charge is -2.25. The van der Waals surface area contributed by atoms with E-state index in [1.807, 2.05) is 4.90 Å². The molecular weight excluding hydrogens is 224 g/mol. The first-order valence-electron chi connectivity index (χ1n) is 6.92. The molecule has 0 N–H and O–H groups in total. The van der Waals surface area contributed by atoms with E-state index in [2.05, 4.69) is 30.0 Å². The lowest BCUT2D eigenvalue weighted by atomic mass is 10.1. The molecule has 0 spiro atoms. The van der Waals surface area contributed by atoms with Crippen molar-refractivity contribution in [3.8, 4) is 0 Å². The summed E-state index contributed by atoms with van der Waals surface area (Å²) in [5, 5.41) is 0. The fraction of sp³-hybridized carbons (Fsp3) is 0.533. The Bertz CT molecular complexity index is 464. The van der Waals surface area contributed by atoms with Crippen LogP contribution in [0.15, 0.2) is 18.2 Å². The first kappa shape index (κ1) is 11.6. The predicted molar refractivity (Wildman–Crippen MR) is 74.2 cm³/mol. The van der Waals surface area contributed by atoms with E-state index in [0.717, 1.165) is 31.7 Å². The molecule has 18 heavy (non-hydrogen) atoms. The van der Waals surface area contributed by atoms with E-state index in [9.17, 15) is 4.79 Å². The van der Waals surface area contributed by atoms with Gasteiger partial charge in [0.05, 0.1) is 0 Å². The monoisotopic (exact) mass is 244 g/mol. The van der Waals surface area contributed by atoms with Crippen LogP contribution in [0.2, 0.25) is 0 Å². The molecule has 1 amide bonds. The summed E-state index contributed by atoms with van der Waals surface area (Å²) in [6.07, 6.45) is 4.26. The molecule has 96 valence electrons. The van der Waals surface area contributed by atoms with Crippen LogP contribution in [0, 0.1) is 6.92 Å². The van der Waals surface area contributed by atoms with Crippen LogP contribution in [0.1, 0.15) is 31.2 Å². The van der Waals surface area contributed by atoms with Crippen molar-refractivity contribution in [1.29, 1.82) is 0 Å². The molecule has 0 atom stereocenters. The Morgan fingerprint density at radius 2 is 1.72 bits per heavy atom. The molecular formula is C15H20N2O. The molecule has 1 aromatic carbocycles. The molecule has 0 unspecified atom stereocenters. The van der Waals surface area contributed by atoms with Crippen LogP contribution in [0.4, 0.5) is 11.4 Å². The van der Waals surface area contributed by atoms with Gasteiger partial charge in [0.15, 0.2) is 0 Å². The number of carbonyl (C=O) groups excluding carboxylic acids is 1. The first-order chi connectivity index (χ1) is 8.77. The highest BCUT2D eigenvalue weighted by Gasteiger charge is 2.24. The van der Waals surface area contributed by atoms with Crippen molar-refractivity contribution in [2.24, 2.45) is 0 Å². The zero-order valence-electron chi connectivity index (χ0n) is 11.0. The zero-order valence-corrected chi connectivity index (χ0v) is 11.0. The second-order valence-electron chi connectivity index (χ2n) is 5.26. The number of anilines is 2. The van der Waals surface area contributed by atoms with E-state index in [-0.39, 0.29) is 5.91 Å². The summed E-state index contributed by atoms with van der Waals surface area (Å²) >= 11 is 0. The second kappa shape index (κ2) is 4.63. The van der Waals surface area contributed by atoms with Gasteiger partial charge in [-0.2, -0.15) is 0 Å². The molecule has 1 aromatic rings. The molecule has 0 saturated carbocycles. The van der Waals surface area contributed by atoms with Gasteiger partial charge >= 0.3 is 0 Å². The van der Waals surface area contributed by atoms with Crippen molar-refractivity contribution in [3.05, 3.63) is 23.8 Å². The number of nitrogens with zero attached hydrogens (tertiary/aromatic N) is 2. The standard InChI is InChI=1S/C15H20N2O/c1-12-13(16-9-2-3-10-16)6-4-7-14(12)17-11-5-8-15(17)18/h4,6-7H,2-3,5,8-11H2,1H3. The Morgan fingerprint density at radius 3 is 2.39 bits per heavy atom. The van der Waals surface area contributed by atoms with Crippen molar-refractivity contribution < 1.29 is 4.79 Å². The fourth-order valence-electron chi connectivity index (χ4n) is 3.11. The van der Waals surface area contributed by atoms with Gasteiger partial charge in [0, 0.05) is 37.4 Å². The average molecular weight is 244 g/mol. The van der Waals surface area contributed by atoms with Crippen LogP contribution in [0.25, 0.3) is 0 Å². The summed E-state index contributed by atoms with van der Waals surface area (Å²) in [5.41, 5.74) is 3.68. The number of hydrogen-bond acceptors (Lipinski definition) is 2.